The van der Waals surface area contributed by atoms with Crippen LogP contribution in [0.5, 0.6) is 0 Å². The average molecular weight is 244 g/mol. The van der Waals surface area contributed by atoms with Crippen molar-refractivity contribution in [1.29, 1.82) is 0 Å². The number of hydrogen-bond donors (Lipinski definition) is 1. The summed E-state index contributed by atoms with van der Waals surface area (Å²) in [7, 11) is 0. The van der Waals surface area contributed by atoms with E-state index >= 15 is 0 Å². The second-order valence-corrected chi connectivity index (χ2v) is 4.62. The van der Waals surface area contributed by atoms with Gasteiger partial charge in [0, 0.05) is 24.0 Å². The van der Waals surface area contributed by atoms with E-state index < -0.39 is 0 Å². The fourth-order valence-electron chi connectivity index (χ4n) is 2.36. The first kappa shape index (κ1) is 11.3. The molecule has 0 saturated carbocycles. The number of aromatic amines is 1. The lowest BCUT2D eigenvalue weighted by atomic mass is 10.1. The summed E-state index contributed by atoms with van der Waals surface area (Å²) in [5.74, 6) is 0.0638. The molecule has 1 amide bonds. The SMILES string of the molecule is Cc1cccc2[nH]c(C(=O)N3CCOCC3)cc12. The second-order valence-electron chi connectivity index (χ2n) is 4.62. The van der Waals surface area contributed by atoms with E-state index in [1.54, 1.807) is 0 Å². The Bertz CT molecular complexity index is 582. The van der Waals surface area contributed by atoms with Crippen LogP contribution in [0.25, 0.3) is 10.9 Å². The standard InChI is InChI=1S/C14H16N2O2/c1-10-3-2-4-12-11(10)9-13(15-12)14(17)16-5-7-18-8-6-16/h2-4,9,15H,5-8H2,1H3. The number of nitrogens with one attached hydrogen (secondary N) is 1. The quantitative estimate of drug-likeness (QED) is 0.833. The largest absolute Gasteiger partial charge is 0.378 e. The van der Waals surface area contributed by atoms with Crippen LogP contribution >= 0.6 is 0 Å². The number of fused-ring (bicyclic) bond motifs is 1. The third kappa shape index (κ3) is 1.88. The molecule has 94 valence electrons. The summed E-state index contributed by atoms with van der Waals surface area (Å²) < 4.78 is 5.26. The number of morpholine rings is 1. The summed E-state index contributed by atoms with van der Waals surface area (Å²) in [4.78, 5) is 17.4. The van der Waals surface area contributed by atoms with E-state index in [0.717, 1.165) is 10.9 Å². The first-order chi connectivity index (χ1) is 8.75. The number of carbonyl (C=O) groups excluding carboxylic acids is 1. The molecule has 0 aliphatic carbocycles. The van der Waals surface area contributed by atoms with Gasteiger partial charge in [-0.2, -0.15) is 0 Å². The molecule has 1 saturated heterocycles. The van der Waals surface area contributed by atoms with E-state index in [1.807, 2.05) is 23.1 Å². The maximum Gasteiger partial charge on any atom is 0.270 e. The zero-order chi connectivity index (χ0) is 12.5. The highest BCUT2D eigenvalue weighted by Crippen LogP contribution is 2.20. The molecule has 1 N–H and O–H groups in total. The molecule has 0 unspecified atom stereocenters. The molecule has 4 heteroatoms. The smallest absolute Gasteiger partial charge is 0.270 e. The molecule has 1 aliphatic heterocycles. The third-order valence-electron chi connectivity index (χ3n) is 3.41. The van der Waals surface area contributed by atoms with Crippen molar-refractivity contribution in [2.75, 3.05) is 26.3 Å². The Morgan fingerprint density at radius 1 is 1.33 bits per heavy atom. The summed E-state index contributed by atoms with van der Waals surface area (Å²) in [6.07, 6.45) is 0. The van der Waals surface area contributed by atoms with E-state index in [2.05, 4.69) is 18.0 Å². The molecule has 1 fully saturated rings. The van der Waals surface area contributed by atoms with Gasteiger partial charge in [0.15, 0.2) is 0 Å². The van der Waals surface area contributed by atoms with Gasteiger partial charge in [0.05, 0.1) is 13.2 Å². The van der Waals surface area contributed by atoms with E-state index in [4.69, 9.17) is 4.74 Å². The molecule has 1 aromatic heterocycles. The second kappa shape index (κ2) is 4.46. The van der Waals surface area contributed by atoms with Gasteiger partial charge in [0.2, 0.25) is 0 Å². The minimum absolute atomic E-state index is 0.0638. The number of aromatic nitrogens is 1. The number of nitrogens with zero attached hydrogens (tertiary/aromatic N) is 1. The van der Waals surface area contributed by atoms with Gasteiger partial charge >= 0.3 is 0 Å². The maximum absolute atomic E-state index is 12.3. The summed E-state index contributed by atoms with van der Waals surface area (Å²) >= 11 is 0. The monoisotopic (exact) mass is 244 g/mol. The number of amides is 1. The Kier molecular flexibility index (Phi) is 2.80. The number of carbonyl (C=O) groups is 1. The van der Waals surface area contributed by atoms with Gasteiger partial charge in [-0.1, -0.05) is 12.1 Å². The molecule has 4 nitrogen and oxygen atoms in total. The molecular formula is C14H16N2O2. The third-order valence-corrected chi connectivity index (χ3v) is 3.41. The van der Waals surface area contributed by atoms with Crippen molar-refractivity contribution in [2.45, 2.75) is 6.92 Å². The molecule has 3 rings (SSSR count). The summed E-state index contributed by atoms with van der Waals surface area (Å²) in [5.41, 5.74) is 2.87. The van der Waals surface area contributed by atoms with Crippen LogP contribution in [0.2, 0.25) is 0 Å². The highest BCUT2D eigenvalue weighted by atomic mass is 16.5. The average Bonchev–Trinajstić information content (AvgIpc) is 2.84. The molecule has 18 heavy (non-hydrogen) atoms. The number of aryl methyl sites for hydroxylation is 1. The molecule has 0 bridgehead atoms. The number of benzene rings is 1. The molecule has 0 radical (unpaired) electrons. The zero-order valence-corrected chi connectivity index (χ0v) is 10.4. The van der Waals surface area contributed by atoms with Gasteiger partial charge in [-0.3, -0.25) is 4.79 Å². The number of ether oxygens (including phenoxy) is 1. The number of H-pyrrole nitrogens is 1. The van der Waals surface area contributed by atoms with Crippen molar-refractivity contribution >= 4 is 16.8 Å². The summed E-state index contributed by atoms with van der Waals surface area (Å²) in [6, 6.07) is 8.00. The van der Waals surface area contributed by atoms with Crippen molar-refractivity contribution in [3.63, 3.8) is 0 Å². The highest BCUT2D eigenvalue weighted by Gasteiger charge is 2.20. The minimum atomic E-state index is 0.0638. The molecule has 2 aromatic rings. The van der Waals surface area contributed by atoms with Gasteiger partial charge in [-0.05, 0) is 24.6 Å². The topological polar surface area (TPSA) is 45.3 Å². The highest BCUT2D eigenvalue weighted by molar-refractivity contribution is 5.98. The van der Waals surface area contributed by atoms with Crippen LogP contribution < -0.4 is 0 Å². The molecule has 2 heterocycles. The van der Waals surface area contributed by atoms with Crippen LogP contribution in [-0.4, -0.2) is 42.1 Å². The predicted octanol–water partition coefficient (Wildman–Crippen LogP) is 1.95. The molecule has 0 spiro atoms. The number of hydrogen-bond acceptors (Lipinski definition) is 2. The Balaban J connectivity index is 1.94. The van der Waals surface area contributed by atoms with Crippen molar-refractivity contribution in [3.05, 3.63) is 35.5 Å². The first-order valence-electron chi connectivity index (χ1n) is 6.21. The van der Waals surface area contributed by atoms with E-state index in [-0.39, 0.29) is 5.91 Å². The van der Waals surface area contributed by atoms with Crippen molar-refractivity contribution in [1.82, 2.24) is 9.88 Å². The summed E-state index contributed by atoms with van der Waals surface area (Å²) in [5, 5.41) is 1.12. The van der Waals surface area contributed by atoms with Gasteiger partial charge in [0.25, 0.3) is 5.91 Å². The lowest BCUT2D eigenvalue weighted by Crippen LogP contribution is -2.40. The van der Waals surface area contributed by atoms with Crippen LogP contribution in [0.1, 0.15) is 16.1 Å². The number of rotatable bonds is 1. The van der Waals surface area contributed by atoms with E-state index in [1.165, 1.54) is 5.56 Å². The maximum atomic E-state index is 12.3. The molecule has 0 atom stereocenters. The van der Waals surface area contributed by atoms with Crippen molar-refractivity contribution < 1.29 is 9.53 Å². The first-order valence-corrected chi connectivity index (χ1v) is 6.21. The van der Waals surface area contributed by atoms with Gasteiger partial charge in [0.1, 0.15) is 5.69 Å². The van der Waals surface area contributed by atoms with Crippen molar-refractivity contribution in [3.8, 4) is 0 Å². The lowest BCUT2D eigenvalue weighted by molar-refractivity contribution is 0.0299. The fraction of sp³-hybridized carbons (Fsp3) is 0.357. The Morgan fingerprint density at radius 3 is 2.83 bits per heavy atom. The summed E-state index contributed by atoms with van der Waals surface area (Å²) in [6.45, 7) is 4.66. The van der Waals surface area contributed by atoms with Crippen LogP contribution in [0, 0.1) is 6.92 Å². The Hall–Kier alpha value is -1.81. The zero-order valence-electron chi connectivity index (χ0n) is 10.4. The predicted molar refractivity (Wildman–Crippen MR) is 69.8 cm³/mol. The molecule has 1 aliphatic rings. The normalized spacial score (nSPS) is 16.2. The van der Waals surface area contributed by atoms with Crippen molar-refractivity contribution in [2.24, 2.45) is 0 Å². The van der Waals surface area contributed by atoms with Gasteiger partial charge < -0.3 is 14.6 Å². The van der Waals surface area contributed by atoms with Gasteiger partial charge in [-0.15, -0.1) is 0 Å². The van der Waals surface area contributed by atoms with Crippen LogP contribution in [0.4, 0.5) is 0 Å². The van der Waals surface area contributed by atoms with Crippen LogP contribution in [-0.2, 0) is 4.74 Å². The van der Waals surface area contributed by atoms with Crippen LogP contribution in [0.15, 0.2) is 24.3 Å². The Labute approximate surface area is 106 Å². The van der Waals surface area contributed by atoms with E-state index in [0.29, 0.717) is 32.0 Å². The van der Waals surface area contributed by atoms with Gasteiger partial charge in [-0.25, -0.2) is 0 Å². The molecular weight excluding hydrogens is 228 g/mol. The Morgan fingerprint density at radius 2 is 2.11 bits per heavy atom. The minimum Gasteiger partial charge on any atom is -0.378 e. The lowest BCUT2D eigenvalue weighted by Gasteiger charge is -2.26. The van der Waals surface area contributed by atoms with Crippen LogP contribution in [0.3, 0.4) is 0 Å². The van der Waals surface area contributed by atoms with E-state index in [9.17, 15) is 4.79 Å². The fourth-order valence-corrected chi connectivity index (χ4v) is 2.36. The molecule has 1 aromatic carbocycles.